The molecule has 0 saturated heterocycles. The molecule has 30 heavy (non-hydrogen) atoms. The van der Waals surface area contributed by atoms with Crippen molar-refractivity contribution in [3.05, 3.63) is 0 Å². The second kappa shape index (κ2) is 13.5. The molecule has 0 rings (SSSR count). The molecular weight excluding hydrogens is 402 g/mol. The first-order valence-corrected chi connectivity index (χ1v) is 9.37. The van der Waals surface area contributed by atoms with Gasteiger partial charge in [0.25, 0.3) is 0 Å². The van der Waals surface area contributed by atoms with Crippen LogP contribution in [0.4, 0.5) is 0 Å². The van der Waals surface area contributed by atoms with Crippen molar-refractivity contribution < 1.29 is 39.3 Å². The molecule has 0 radical (unpaired) electrons. The van der Waals surface area contributed by atoms with E-state index in [9.17, 15) is 24.0 Å². The monoisotopic (exact) mass is 433 g/mol. The smallest absolute Gasteiger partial charge is 0.328 e. The summed E-state index contributed by atoms with van der Waals surface area (Å²) in [5.74, 6) is -5.13. The highest BCUT2D eigenvalue weighted by atomic mass is 16.4. The SMILES string of the molecule is CCC(C)C(NC(=O)C(N)CO)C(=O)NC(CCC(N)=O)C(=O)NC(CO)C(=O)O. The van der Waals surface area contributed by atoms with Crippen LogP contribution in [-0.2, 0) is 24.0 Å². The van der Waals surface area contributed by atoms with E-state index in [1.165, 1.54) is 0 Å². The number of carbonyl (C=O) groups excluding carboxylic acids is 4. The predicted molar refractivity (Wildman–Crippen MR) is 103 cm³/mol. The largest absolute Gasteiger partial charge is 0.480 e. The van der Waals surface area contributed by atoms with E-state index in [1.54, 1.807) is 13.8 Å². The Hall–Kier alpha value is -2.77. The topological polar surface area (TPSA) is 234 Å². The molecule has 0 heterocycles. The molecule has 0 aromatic carbocycles. The summed E-state index contributed by atoms with van der Waals surface area (Å²) in [6, 6.07) is -5.33. The van der Waals surface area contributed by atoms with Gasteiger partial charge in [-0.1, -0.05) is 20.3 Å². The molecule has 5 unspecified atom stereocenters. The van der Waals surface area contributed by atoms with Gasteiger partial charge in [-0.05, 0) is 12.3 Å². The van der Waals surface area contributed by atoms with Gasteiger partial charge in [0.15, 0.2) is 0 Å². The quantitative estimate of drug-likeness (QED) is 0.134. The van der Waals surface area contributed by atoms with Gasteiger partial charge in [0.1, 0.15) is 24.2 Å². The summed E-state index contributed by atoms with van der Waals surface area (Å²) in [7, 11) is 0. The number of aliphatic hydroxyl groups excluding tert-OH is 2. The Morgan fingerprint density at radius 3 is 1.90 bits per heavy atom. The first kappa shape index (κ1) is 27.2. The Bertz CT molecular complexity index is 629. The minimum Gasteiger partial charge on any atom is -0.480 e. The van der Waals surface area contributed by atoms with Gasteiger partial charge < -0.3 is 42.7 Å². The maximum atomic E-state index is 12.7. The van der Waals surface area contributed by atoms with Crippen molar-refractivity contribution in [2.24, 2.45) is 17.4 Å². The van der Waals surface area contributed by atoms with Gasteiger partial charge in [0.05, 0.1) is 13.2 Å². The Morgan fingerprint density at radius 2 is 1.47 bits per heavy atom. The number of carbonyl (C=O) groups is 5. The maximum Gasteiger partial charge on any atom is 0.328 e. The number of hydrogen-bond acceptors (Lipinski definition) is 8. The van der Waals surface area contributed by atoms with Crippen LogP contribution in [-0.4, -0.2) is 82.3 Å². The Balaban J connectivity index is 5.49. The van der Waals surface area contributed by atoms with Crippen LogP contribution >= 0.6 is 0 Å². The molecular formula is C17H31N5O8. The van der Waals surface area contributed by atoms with Gasteiger partial charge >= 0.3 is 5.97 Å². The van der Waals surface area contributed by atoms with Crippen LogP contribution in [0, 0.1) is 5.92 Å². The average molecular weight is 433 g/mol. The number of nitrogens with one attached hydrogen (secondary N) is 3. The third-order valence-corrected chi connectivity index (χ3v) is 4.44. The van der Waals surface area contributed by atoms with Gasteiger partial charge in [-0.3, -0.25) is 19.2 Å². The van der Waals surface area contributed by atoms with E-state index in [2.05, 4.69) is 10.6 Å². The lowest BCUT2D eigenvalue weighted by atomic mass is 9.97. The summed E-state index contributed by atoms with van der Waals surface area (Å²) in [5, 5.41) is 33.8. The summed E-state index contributed by atoms with van der Waals surface area (Å²) in [4.78, 5) is 59.3. The Labute approximate surface area is 173 Å². The summed E-state index contributed by atoms with van der Waals surface area (Å²) in [6.07, 6.45) is -0.0521. The second-order valence-electron chi connectivity index (χ2n) is 6.81. The summed E-state index contributed by atoms with van der Waals surface area (Å²) < 4.78 is 0. The molecule has 0 bridgehead atoms. The van der Waals surface area contributed by atoms with Gasteiger partial charge in [-0.25, -0.2) is 4.79 Å². The number of primary amides is 1. The number of aliphatic hydroxyl groups is 2. The van der Waals surface area contributed by atoms with Crippen molar-refractivity contribution in [2.45, 2.75) is 57.3 Å². The van der Waals surface area contributed by atoms with Crippen molar-refractivity contribution in [3.63, 3.8) is 0 Å². The van der Waals surface area contributed by atoms with Gasteiger partial charge in [0.2, 0.25) is 23.6 Å². The Kier molecular flexibility index (Phi) is 12.2. The number of nitrogens with two attached hydrogens (primary N) is 2. The van der Waals surface area contributed by atoms with E-state index in [4.69, 9.17) is 26.8 Å². The molecule has 13 heteroatoms. The van der Waals surface area contributed by atoms with Crippen LogP contribution in [0.15, 0.2) is 0 Å². The summed E-state index contributed by atoms with van der Waals surface area (Å²) >= 11 is 0. The van der Waals surface area contributed by atoms with Crippen LogP contribution in [0.1, 0.15) is 33.1 Å². The van der Waals surface area contributed by atoms with E-state index in [0.29, 0.717) is 6.42 Å². The number of amides is 4. The molecule has 5 atom stereocenters. The first-order chi connectivity index (χ1) is 14.0. The number of carboxylic acid groups (broad SMARTS) is 1. The van der Waals surface area contributed by atoms with Gasteiger partial charge in [0, 0.05) is 6.42 Å². The third kappa shape index (κ3) is 9.15. The third-order valence-electron chi connectivity index (χ3n) is 4.44. The molecule has 0 aromatic heterocycles. The minimum absolute atomic E-state index is 0.234. The fraction of sp³-hybridized carbons (Fsp3) is 0.706. The zero-order valence-electron chi connectivity index (χ0n) is 17.0. The minimum atomic E-state index is -1.61. The first-order valence-electron chi connectivity index (χ1n) is 9.37. The van der Waals surface area contributed by atoms with E-state index in [-0.39, 0.29) is 18.8 Å². The van der Waals surface area contributed by atoms with Gasteiger partial charge in [-0.2, -0.15) is 0 Å². The summed E-state index contributed by atoms with van der Waals surface area (Å²) in [6.45, 7) is 1.91. The lowest BCUT2D eigenvalue weighted by Gasteiger charge is -2.27. The molecule has 0 aliphatic carbocycles. The highest BCUT2D eigenvalue weighted by Crippen LogP contribution is 2.10. The van der Waals surface area contributed by atoms with Crippen molar-refractivity contribution in [1.82, 2.24) is 16.0 Å². The number of hydrogen-bond donors (Lipinski definition) is 8. The lowest BCUT2D eigenvalue weighted by molar-refractivity contribution is -0.143. The van der Waals surface area contributed by atoms with Crippen molar-refractivity contribution in [1.29, 1.82) is 0 Å². The van der Waals surface area contributed by atoms with Crippen molar-refractivity contribution >= 4 is 29.6 Å². The van der Waals surface area contributed by atoms with Gasteiger partial charge in [-0.15, -0.1) is 0 Å². The molecule has 13 nitrogen and oxygen atoms in total. The zero-order valence-corrected chi connectivity index (χ0v) is 17.0. The fourth-order valence-electron chi connectivity index (χ4n) is 2.32. The molecule has 0 aliphatic heterocycles. The van der Waals surface area contributed by atoms with Crippen molar-refractivity contribution in [2.75, 3.05) is 13.2 Å². The molecule has 10 N–H and O–H groups in total. The van der Waals surface area contributed by atoms with Crippen LogP contribution in [0.3, 0.4) is 0 Å². The molecule has 0 aromatic rings. The standard InChI is InChI=1S/C17H31N5O8/c1-3-8(2)13(22-14(26)9(18)6-23)16(28)20-10(4-5-12(19)25)15(27)21-11(7-24)17(29)30/h8-11,13,23-24H,3-7,18H2,1-2H3,(H2,19,25)(H,20,28)(H,21,27)(H,22,26)(H,29,30). The zero-order chi connectivity index (χ0) is 23.4. The van der Waals surface area contributed by atoms with E-state index >= 15 is 0 Å². The molecule has 0 saturated carbocycles. The molecule has 4 amide bonds. The number of aliphatic carboxylic acids is 1. The van der Waals surface area contributed by atoms with Crippen molar-refractivity contribution in [3.8, 4) is 0 Å². The average Bonchev–Trinajstić information content (AvgIpc) is 2.70. The lowest BCUT2D eigenvalue weighted by Crippen LogP contribution is -2.59. The Morgan fingerprint density at radius 1 is 0.900 bits per heavy atom. The van der Waals surface area contributed by atoms with E-state index < -0.39 is 67.0 Å². The molecule has 172 valence electrons. The van der Waals surface area contributed by atoms with Crippen LogP contribution in [0.5, 0.6) is 0 Å². The van der Waals surface area contributed by atoms with Crippen LogP contribution < -0.4 is 27.4 Å². The van der Waals surface area contributed by atoms with E-state index in [0.717, 1.165) is 0 Å². The molecule has 0 fully saturated rings. The number of rotatable bonds is 14. The highest BCUT2D eigenvalue weighted by molar-refractivity contribution is 5.94. The van der Waals surface area contributed by atoms with Crippen LogP contribution in [0.25, 0.3) is 0 Å². The maximum absolute atomic E-state index is 12.7. The highest BCUT2D eigenvalue weighted by Gasteiger charge is 2.32. The van der Waals surface area contributed by atoms with E-state index in [1.807, 2.05) is 5.32 Å². The number of carboxylic acids is 1. The normalized spacial score (nSPS) is 15.8. The fourth-order valence-corrected chi connectivity index (χ4v) is 2.32. The second-order valence-corrected chi connectivity index (χ2v) is 6.81. The predicted octanol–water partition coefficient (Wildman–Crippen LogP) is -3.85. The van der Waals surface area contributed by atoms with Crippen LogP contribution in [0.2, 0.25) is 0 Å². The molecule has 0 spiro atoms. The molecule has 0 aliphatic rings. The summed E-state index contributed by atoms with van der Waals surface area (Å²) in [5.41, 5.74) is 10.5.